The predicted molar refractivity (Wildman–Crippen MR) is 85.0 cm³/mol. The van der Waals surface area contributed by atoms with E-state index in [1.807, 2.05) is 16.7 Å². The number of ether oxygens (including phenoxy) is 1. The first-order chi connectivity index (χ1) is 9.79. The third-order valence-electron chi connectivity index (χ3n) is 3.00. The highest BCUT2D eigenvalue weighted by Gasteiger charge is 2.20. The number of amides is 1. The van der Waals surface area contributed by atoms with E-state index in [9.17, 15) is 9.59 Å². The van der Waals surface area contributed by atoms with Gasteiger partial charge in [-0.2, -0.15) is 0 Å². The molecule has 0 rings (SSSR count). The van der Waals surface area contributed by atoms with Crippen LogP contribution in [0.4, 0.5) is 0 Å². The lowest BCUT2D eigenvalue weighted by Gasteiger charge is -2.29. The Bertz CT molecular complexity index is 307. The molecule has 1 amide bonds. The van der Waals surface area contributed by atoms with Gasteiger partial charge in [-0.1, -0.05) is 34.6 Å². The van der Waals surface area contributed by atoms with Crippen molar-refractivity contribution in [2.45, 2.75) is 41.0 Å². The zero-order valence-electron chi connectivity index (χ0n) is 14.5. The van der Waals surface area contributed by atoms with Crippen LogP contribution >= 0.6 is 0 Å². The van der Waals surface area contributed by atoms with Gasteiger partial charge in [-0.25, -0.2) is 0 Å². The maximum Gasteiger partial charge on any atom is 0.319 e. The van der Waals surface area contributed by atoms with Crippen molar-refractivity contribution < 1.29 is 14.3 Å². The molecule has 0 aromatic rings. The van der Waals surface area contributed by atoms with E-state index >= 15 is 0 Å². The van der Waals surface area contributed by atoms with Crippen molar-refractivity contribution in [2.24, 2.45) is 11.8 Å². The van der Waals surface area contributed by atoms with Gasteiger partial charge in [0.25, 0.3) is 0 Å². The molecule has 0 saturated carbocycles. The molecular formula is C16H32N2O3. The van der Waals surface area contributed by atoms with E-state index in [0.29, 0.717) is 11.8 Å². The summed E-state index contributed by atoms with van der Waals surface area (Å²) < 4.78 is 4.69. The molecule has 0 unspecified atom stereocenters. The van der Waals surface area contributed by atoms with Crippen LogP contribution < -0.4 is 0 Å². The highest BCUT2D eigenvalue weighted by atomic mass is 16.5. The van der Waals surface area contributed by atoms with Gasteiger partial charge in [0, 0.05) is 13.1 Å². The lowest BCUT2D eigenvalue weighted by atomic mass is 10.1. The molecule has 0 aliphatic carbocycles. The third-order valence-corrected chi connectivity index (χ3v) is 3.00. The quantitative estimate of drug-likeness (QED) is 0.579. The monoisotopic (exact) mass is 300 g/mol. The molecular weight excluding hydrogens is 268 g/mol. The number of rotatable bonds is 10. The van der Waals surface area contributed by atoms with Crippen LogP contribution in [0.3, 0.4) is 0 Å². The fourth-order valence-corrected chi connectivity index (χ4v) is 2.23. The number of hydrogen-bond acceptors (Lipinski definition) is 4. The van der Waals surface area contributed by atoms with Gasteiger partial charge in [-0.15, -0.1) is 0 Å². The SMILES string of the molecule is CCCN(CC(=O)OC)CC(=O)N(CC(C)C)CC(C)C. The molecule has 0 aliphatic heterocycles. The molecule has 0 radical (unpaired) electrons. The van der Waals surface area contributed by atoms with E-state index in [0.717, 1.165) is 26.1 Å². The summed E-state index contributed by atoms with van der Waals surface area (Å²) in [6.07, 6.45) is 0.901. The zero-order chi connectivity index (χ0) is 16.4. The molecule has 0 aromatic heterocycles. The van der Waals surface area contributed by atoms with E-state index in [1.54, 1.807) is 0 Å². The summed E-state index contributed by atoms with van der Waals surface area (Å²) in [6, 6.07) is 0. The zero-order valence-corrected chi connectivity index (χ0v) is 14.5. The van der Waals surface area contributed by atoms with Gasteiger partial charge in [0.1, 0.15) is 0 Å². The van der Waals surface area contributed by atoms with Crippen LogP contribution in [0, 0.1) is 11.8 Å². The Morgan fingerprint density at radius 3 is 1.90 bits per heavy atom. The van der Waals surface area contributed by atoms with E-state index < -0.39 is 0 Å². The van der Waals surface area contributed by atoms with Crippen molar-refractivity contribution in [1.82, 2.24) is 9.80 Å². The largest absolute Gasteiger partial charge is 0.468 e. The van der Waals surface area contributed by atoms with Crippen molar-refractivity contribution in [2.75, 3.05) is 39.8 Å². The van der Waals surface area contributed by atoms with Crippen LogP contribution in [0.2, 0.25) is 0 Å². The Morgan fingerprint density at radius 1 is 1.00 bits per heavy atom. The molecule has 5 nitrogen and oxygen atoms in total. The van der Waals surface area contributed by atoms with Crippen LogP contribution in [0.15, 0.2) is 0 Å². The molecule has 0 saturated heterocycles. The van der Waals surface area contributed by atoms with Gasteiger partial charge in [0.15, 0.2) is 0 Å². The maximum absolute atomic E-state index is 12.5. The van der Waals surface area contributed by atoms with Crippen LogP contribution in [-0.4, -0.2) is 61.5 Å². The molecule has 0 aliphatic rings. The number of nitrogens with zero attached hydrogens (tertiary/aromatic N) is 2. The number of carbonyl (C=O) groups is 2. The van der Waals surface area contributed by atoms with Crippen molar-refractivity contribution in [1.29, 1.82) is 0 Å². The number of carbonyl (C=O) groups excluding carboxylic acids is 2. The van der Waals surface area contributed by atoms with Gasteiger partial charge in [0.05, 0.1) is 20.2 Å². The maximum atomic E-state index is 12.5. The summed E-state index contributed by atoms with van der Waals surface area (Å²) in [5.41, 5.74) is 0. The second-order valence-electron chi connectivity index (χ2n) is 6.37. The average molecular weight is 300 g/mol. The molecule has 0 N–H and O–H groups in total. The summed E-state index contributed by atoms with van der Waals surface area (Å²) in [4.78, 5) is 27.7. The topological polar surface area (TPSA) is 49.9 Å². The van der Waals surface area contributed by atoms with Crippen LogP contribution in [0.25, 0.3) is 0 Å². The van der Waals surface area contributed by atoms with Gasteiger partial charge in [0.2, 0.25) is 5.91 Å². The molecule has 0 spiro atoms. The first kappa shape index (κ1) is 19.9. The van der Waals surface area contributed by atoms with Gasteiger partial charge in [-0.3, -0.25) is 14.5 Å². The van der Waals surface area contributed by atoms with E-state index in [4.69, 9.17) is 4.74 Å². The smallest absolute Gasteiger partial charge is 0.319 e. The fourth-order valence-electron chi connectivity index (χ4n) is 2.23. The third kappa shape index (κ3) is 9.45. The lowest BCUT2D eigenvalue weighted by molar-refractivity contribution is -0.143. The van der Waals surface area contributed by atoms with Gasteiger partial charge < -0.3 is 9.64 Å². The molecule has 21 heavy (non-hydrogen) atoms. The van der Waals surface area contributed by atoms with E-state index in [-0.39, 0.29) is 25.0 Å². The minimum atomic E-state index is -0.296. The van der Waals surface area contributed by atoms with E-state index in [1.165, 1.54) is 7.11 Å². The summed E-state index contributed by atoms with van der Waals surface area (Å²) in [6.45, 7) is 13.2. The highest BCUT2D eigenvalue weighted by molar-refractivity contribution is 5.79. The Morgan fingerprint density at radius 2 is 1.52 bits per heavy atom. The van der Waals surface area contributed by atoms with E-state index in [2.05, 4.69) is 27.7 Å². The Balaban J connectivity index is 4.68. The molecule has 0 atom stereocenters. The summed E-state index contributed by atoms with van der Waals surface area (Å²) in [5, 5.41) is 0. The minimum Gasteiger partial charge on any atom is -0.468 e. The standard InChI is InChI=1S/C16H32N2O3/c1-7-8-17(12-16(20)21-6)11-15(19)18(9-13(2)3)10-14(4)5/h13-14H,7-12H2,1-6H3. The van der Waals surface area contributed by atoms with Crippen LogP contribution in [0.1, 0.15) is 41.0 Å². The Kier molecular flexibility index (Phi) is 10.0. The summed E-state index contributed by atoms with van der Waals surface area (Å²) >= 11 is 0. The van der Waals surface area contributed by atoms with Gasteiger partial charge >= 0.3 is 5.97 Å². The van der Waals surface area contributed by atoms with Crippen LogP contribution in [0.5, 0.6) is 0 Å². The van der Waals surface area contributed by atoms with Crippen molar-refractivity contribution in [3.05, 3.63) is 0 Å². The molecule has 0 fully saturated rings. The number of esters is 1. The first-order valence-corrected chi connectivity index (χ1v) is 7.87. The number of hydrogen-bond donors (Lipinski definition) is 0. The summed E-state index contributed by atoms with van der Waals surface area (Å²) in [5.74, 6) is 0.672. The normalized spacial score (nSPS) is 11.3. The van der Waals surface area contributed by atoms with Crippen molar-refractivity contribution >= 4 is 11.9 Å². The average Bonchev–Trinajstić information content (AvgIpc) is 2.36. The molecule has 0 aromatic carbocycles. The van der Waals surface area contributed by atoms with Gasteiger partial charge in [-0.05, 0) is 24.8 Å². The first-order valence-electron chi connectivity index (χ1n) is 7.87. The molecule has 0 heterocycles. The van der Waals surface area contributed by atoms with Crippen molar-refractivity contribution in [3.8, 4) is 0 Å². The molecule has 0 bridgehead atoms. The predicted octanol–water partition coefficient (Wildman–Crippen LogP) is 2.01. The second-order valence-corrected chi connectivity index (χ2v) is 6.37. The molecule has 124 valence electrons. The molecule has 5 heteroatoms. The highest BCUT2D eigenvalue weighted by Crippen LogP contribution is 2.06. The minimum absolute atomic E-state index is 0.0924. The van der Waals surface area contributed by atoms with Crippen LogP contribution in [-0.2, 0) is 14.3 Å². The Labute approximate surface area is 129 Å². The van der Waals surface area contributed by atoms with Crippen molar-refractivity contribution in [3.63, 3.8) is 0 Å². The second kappa shape index (κ2) is 10.6. The Hall–Kier alpha value is -1.10. The number of methoxy groups -OCH3 is 1. The fraction of sp³-hybridized carbons (Fsp3) is 0.875. The lowest BCUT2D eigenvalue weighted by Crippen LogP contribution is -2.45. The summed E-state index contributed by atoms with van der Waals surface area (Å²) in [7, 11) is 1.37.